The standard InChI is InChI=1S/C19H32N4O/c1-18(2)11-14(12-19(3,4)22-18)10-17(24)23-9-5-6-15(13-23)16-7-8-20-21-16/h7-8,14-15,22H,5-6,9-13H2,1-4H3,(H,20,21)/t15-/m0/s1. The fourth-order valence-electron chi connectivity index (χ4n) is 5.01. The number of H-pyrrole nitrogens is 1. The zero-order chi connectivity index (χ0) is 17.4. The summed E-state index contributed by atoms with van der Waals surface area (Å²) < 4.78 is 0. The minimum absolute atomic E-state index is 0.104. The predicted molar refractivity (Wildman–Crippen MR) is 95.8 cm³/mol. The van der Waals surface area contributed by atoms with E-state index in [4.69, 9.17) is 0 Å². The van der Waals surface area contributed by atoms with E-state index < -0.39 is 0 Å². The Balaban J connectivity index is 1.60. The van der Waals surface area contributed by atoms with E-state index in [0.717, 1.165) is 44.5 Å². The lowest BCUT2D eigenvalue weighted by molar-refractivity contribution is -0.134. The molecule has 1 amide bonds. The number of nitrogens with one attached hydrogen (secondary N) is 2. The second-order valence-electron chi connectivity index (χ2n) is 9.06. The highest BCUT2D eigenvalue weighted by Crippen LogP contribution is 2.35. The van der Waals surface area contributed by atoms with E-state index in [9.17, 15) is 4.79 Å². The van der Waals surface area contributed by atoms with Crippen LogP contribution in [0.1, 0.15) is 71.4 Å². The zero-order valence-electron chi connectivity index (χ0n) is 15.6. The van der Waals surface area contributed by atoms with E-state index in [2.05, 4.69) is 48.1 Å². The molecule has 5 heteroatoms. The van der Waals surface area contributed by atoms with Gasteiger partial charge < -0.3 is 10.2 Å². The van der Waals surface area contributed by atoms with Crippen LogP contribution in [0.2, 0.25) is 0 Å². The Bertz CT molecular complexity index is 548. The van der Waals surface area contributed by atoms with Gasteiger partial charge >= 0.3 is 0 Å². The molecule has 0 radical (unpaired) electrons. The molecule has 2 aliphatic rings. The quantitative estimate of drug-likeness (QED) is 0.894. The van der Waals surface area contributed by atoms with E-state index >= 15 is 0 Å². The molecule has 2 N–H and O–H groups in total. The third kappa shape index (κ3) is 4.18. The predicted octanol–water partition coefficient (Wildman–Crippen LogP) is 3.06. The Hall–Kier alpha value is -1.36. The van der Waals surface area contributed by atoms with Crippen molar-refractivity contribution >= 4 is 5.91 Å². The molecule has 0 unspecified atom stereocenters. The molecule has 0 aromatic carbocycles. The van der Waals surface area contributed by atoms with Crippen molar-refractivity contribution in [2.45, 2.75) is 76.8 Å². The molecular weight excluding hydrogens is 300 g/mol. The van der Waals surface area contributed by atoms with Gasteiger partial charge in [0, 0.05) is 48.4 Å². The van der Waals surface area contributed by atoms with Gasteiger partial charge in [0.25, 0.3) is 0 Å². The molecule has 5 nitrogen and oxygen atoms in total. The molecule has 3 heterocycles. The number of hydrogen-bond acceptors (Lipinski definition) is 3. The number of carbonyl (C=O) groups excluding carboxylic acids is 1. The number of rotatable bonds is 3. The largest absolute Gasteiger partial charge is 0.342 e. The molecule has 1 atom stereocenters. The van der Waals surface area contributed by atoms with Gasteiger partial charge in [0.1, 0.15) is 0 Å². The summed E-state index contributed by atoms with van der Waals surface area (Å²) in [6.45, 7) is 10.7. The van der Waals surface area contributed by atoms with Gasteiger partial charge in [-0.15, -0.1) is 0 Å². The number of nitrogens with zero attached hydrogens (tertiary/aromatic N) is 2. The summed E-state index contributed by atoms with van der Waals surface area (Å²) in [5.41, 5.74) is 1.37. The maximum Gasteiger partial charge on any atom is 0.222 e. The van der Waals surface area contributed by atoms with Crippen LogP contribution in [0.3, 0.4) is 0 Å². The van der Waals surface area contributed by atoms with E-state index in [-0.39, 0.29) is 11.1 Å². The molecular formula is C19H32N4O. The Morgan fingerprint density at radius 1 is 1.29 bits per heavy atom. The summed E-state index contributed by atoms with van der Waals surface area (Å²) in [7, 11) is 0. The Kier molecular flexibility index (Phi) is 4.73. The normalized spacial score (nSPS) is 27.2. The van der Waals surface area contributed by atoms with Gasteiger partial charge in [-0.1, -0.05) is 0 Å². The molecule has 2 fully saturated rings. The van der Waals surface area contributed by atoms with Crippen LogP contribution in [0, 0.1) is 5.92 Å². The summed E-state index contributed by atoms with van der Waals surface area (Å²) in [6, 6.07) is 2.04. The topological polar surface area (TPSA) is 61.0 Å². The highest BCUT2D eigenvalue weighted by molar-refractivity contribution is 5.76. The first-order valence-corrected chi connectivity index (χ1v) is 9.30. The SMILES string of the molecule is CC1(C)CC(CC(=O)N2CCC[C@H](c3ccn[nH]3)C2)CC(C)(C)N1. The second-order valence-corrected chi connectivity index (χ2v) is 9.06. The summed E-state index contributed by atoms with van der Waals surface area (Å²) in [6.07, 6.45) is 6.84. The van der Waals surface area contributed by atoms with Crippen LogP contribution in [-0.2, 0) is 4.79 Å². The fraction of sp³-hybridized carbons (Fsp3) is 0.789. The first-order chi connectivity index (χ1) is 11.2. The molecule has 134 valence electrons. The van der Waals surface area contributed by atoms with Crippen molar-refractivity contribution in [3.8, 4) is 0 Å². The van der Waals surface area contributed by atoms with E-state index in [1.54, 1.807) is 6.20 Å². The highest BCUT2D eigenvalue weighted by Gasteiger charge is 2.39. The van der Waals surface area contributed by atoms with Crippen molar-refractivity contribution in [3.05, 3.63) is 18.0 Å². The van der Waals surface area contributed by atoms with Gasteiger partial charge in [-0.3, -0.25) is 9.89 Å². The molecule has 0 spiro atoms. The Morgan fingerprint density at radius 2 is 2.00 bits per heavy atom. The Morgan fingerprint density at radius 3 is 2.62 bits per heavy atom. The molecule has 3 rings (SSSR count). The van der Waals surface area contributed by atoms with E-state index in [1.165, 1.54) is 0 Å². The average molecular weight is 332 g/mol. The number of amides is 1. The molecule has 1 aromatic heterocycles. The van der Waals surface area contributed by atoms with Gasteiger partial charge in [0.05, 0.1) is 0 Å². The van der Waals surface area contributed by atoms with Crippen LogP contribution in [0.4, 0.5) is 0 Å². The van der Waals surface area contributed by atoms with Crippen LogP contribution in [-0.4, -0.2) is 45.2 Å². The summed E-state index contributed by atoms with van der Waals surface area (Å²) in [5.74, 6) is 1.21. The molecule has 0 aliphatic carbocycles. The number of piperidine rings is 2. The monoisotopic (exact) mass is 332 g/mol. The zero-order valence-corrected chi connectivity index (χ0v) is 15.6. The van der Waals surface area contributed by atoms with Crippen LogP contribution in [0.25, 0.3) is 0 Å². The van der Waals surface area contributed by atoms with Gasteiger partial charge in [-0.2, -0.15) is 5.10 Å². The first-order valence-electron chi connectivity index (χ1n) is 9.30. The maximum atomic E-state index is 12.9. The molecule has 1 aromatic rings. The van der Waals surface area contributed by atoms with Crippen molar-refractivity contribution in [2.24, 2.45) is 5.92 Å². The number of carbonyl (C=O) groups is 1. The van der Waals surface area contributed by atoms with Crippen molar-refractivity contribution in [2.75, 3.05) is 13.1 Å². The van der Waals surface area contributed by atoms with Gasteiger partial charge in [0.15, 0.2) is 0 Å². The van der Waals surface area contributed by atoms with Crippen molar-refractivity contribution in [1.29, 1.82) is 0 Å². The smallest absolute Gasteiger partial charge is 0.222 e. The maximum absolute atomic E-state index is 12.9. The third-order valence-corrected chi connectivity index (χ3v) is 5.47. The number of likely N-dealkylation sites (tertiary alicyclic amines) is 1. The molecule has 2 aliphatic heterocycles. The van der Waals surface area contributed by atoms with Crippen molar-refractivity contribution in [1.82, 2.24) is 20.4 Å². The lowest BCUT2D eigenvalue weighted by atomic mass is 9.74. The molecule has 0 bridgehead atoms. The van der Waals surface area contributed by atoms with Crippen molar-refractivity contribution in [3.63, 3.8) is 0 Å². The van der Waals surface area contributed by atoms with Crippen LogP contribution < -0.4 is 5.32 Å². The van der Waals surface area contributed by atoms with Gasteiger partial charge in [0.2, 0.25) is 5.91 Å². The summed E-state index contributed by atoms with van der Waals surface area (Å²) in [4.78, 5) is 15.0. The second kappa shape index (κ2) is 6.51. The first kappa shape index (κ1) is 17.5. The minimum Gasteiger partial charge on any atom is -0.342 e. The third-order valence-electron chi connectivity index (χ3n) is 5.47. The van der Waals surface area contributed by atoms with E-state index in [1.807, 2.05) is 6.07 Å². The van der Waals surface area contributed by atoms with Crippen LogP contribution in [0.5, 0.6) is 0 Å². The van der Waals surface area contributed by atoms with Crippen molar-refractivity contribution < 1.29 is 4.79 Å². The molecule has 2 saturated heterocycles. The molecule has 0 saturated carbocycles. The van der Waals surface area contributed by atoms with Crippen LogP contribution >= 0.6 is 0 Å². The fourth-order valence-corrected chi connectivity index (χ4v) is 5.01. The lowest BCUT2D eigenvalue weighted by Crippen LogP contribution is -2.58. The minimum atomic E-state index is 0.104. The number of aromatic nitrogens is 2. The van der Waals surface area contributed by atoms with Gasteiger partial charge in [-0.05, 0) is 65.4 Å². The van der Waals surface area contributed by atoms with Crippen LogP contribution in [0.15, 0.2) is 12.3 Å². The lowest BCUT2D eigenvalue weighted by Gasteiger charge is -2.47. The average Bonchev–Trinajstić information content (AvgIpc) is 2.98. The molecule has 24 heavy (non-hydrogen) atoms. The summed E-state index contributed by atoms with van der Waals surface area (Å²) >= 11 is 0. The number of hydrogen-bond donors (Lipinski definition) is 2. The number of aromatic amines is 1. The summed E-state index contributed by atoms with van der Waals surface area (Å²) in [5, 5.41) is 10.8. The van der Waals surface area contributed by atoms with Gasteiger partial charge in [-0.25, -0.2) is 0 Å². The van der Waals surface area contributed by atoms with E-state index in [0.29, 0.717) is 24.2 Å². The highest BCUT2D eigenvalue weighted by atomic mass is 16.2. The Labute approximate surface area is 145 Å².